The van der Waals surface area contributed by atoms with Crippen LogP contribution in [0.1, 0.15) is 25.8 Å². The van der Waals surface area contributed by atoms with E-state index in [1.807, 2.05) is 0 Å². The molecule has 1 heterocycles. The third-order valence-electron chi connectivity index (χ3n) is 4.47. The Bertz CT molecular complexity index is 801. The van der Waals surface area contributed by atoms with Gasteiger partial charge in [0.1, 0.15) is 36.5 Å². The molecule has 172 valence electrons. The van der Waals surface area contributed by atoms with Crippen LogP contribution in [0.15, 0.2) is 18.2 Å². The van der Waals surface area contributed by atoms with E-state index >= 15 is 0 Å². The van der Waals surface area contributed by atoms with Gasteiger partial charge in [-0.25, -0.2) is 4.79 Å². The normalized spacial score (nSPS) is 23.0. The number of amides is 2. The van der Waals surface area contributed by atoms with Crippen molar-refractivity contribution in [1.82, 2.24) is 4.90 Å². The van der Waals surface area contributed by atoms with Crippen LogP contribution in [0.5, 0.6) is 5.75 Å². The van der Waals surface area contributed by atoms with Crippen LogP contribution < -0.4 is 10.1 Å². The van der Waals surface area contributed by atoms with Gasteiger partial charge in [-0.1, -0.05) is 13.0 Å². The number of ether oxygens (including phenoxy) is 3. The first kappa shape index (κ1) is 24.5. The molecule has 1 saturated heterocycles. The van der Waals surface area contributed by atoms with Crippen molar-refractivity contribution in [2.24, 2.45) is 0 Å². The highest BCUT2D eigenvalue weighted by atomic mass is 16.7. The molecule has 11 nitrogen and oxygen atoms in total. The molecule has 4 atom stereocenters. The van der Waals surface area contributed by atoms with Crippen molar-refractivity contribution in [3.8, 4) is 5.75 Å². The van der Waals surface area contributed by atoms with Gasteiger partial charge in [0, 0.05) is 13.5 Å². The average molecular weight is 440 g/mol. The summed E-state index contributed by atoms with van der Waals surface area (Å²) in [5.74, 6) is -0.339. The second-order valence-electron chi connectivity index (χ2n) is 7.21. The number of aliphatic hydroxyl groups is 3. The predicted octanol–water partition coefficient (Wildman–Crippen LogP) is 0.0103. The zero-order valence-corrected chi connectivity index (χ0v) is 17.6. The molecular weight excluding hydrogens is 412 g/mol. The van der Waals surface area contributed by atoms with Crippen LogP contribution in [-0.2, 0) is 25.7 Å². The van der Waals surface area contributed by atoms with E-state index in [1.54, 1.807) is 13.0 Å². The third-order valence-corrected chi connectivity index (χ3v) is 4.47. The largest absolute Gasteiger partial charge is 0.460 e. The number of benzene rings is 1. The van der Waals surface area contributed by atoms with Crippen molar-refractivity contribution in [1.29, 1.82) is 0 Å². The highest BCUT2D eigenvalue weighted by molar-refractivity contribution is 5.92. The second kappa shape index (κ2) is 11.0. The quantitative estimate of drug-likeness (QED) is 0.437. The lowest BCUT2D eigenvalue weighted by atomic mass is 10.1. The number of carbonyl (C=O) groups excluding carboxylic acids is 3. The van der Waals surface area contributed by atoms with Gasteiger partial charge in [0.25, 0.3) is 0 Å². The molecule has 1 aliphatic heterocycles. The molecule has 0 saturated carbocycles. The SMILES string of the molecule is CCC(=O)Nc1cc(COC(=O)N(C)CC(C)=O)ccc1O[C@@H]1OC[C@@H](O)[C@H](O)[C@H]1O. The number of carbonyl (C=O) groups is 3. The van der Waals surface area contributed by atoms with Gasteiger partial charge in [-0.15, -0.1) is 0 Å². The van der Waals surface area contributed by atoms with Crippen molar-refractivity contribution < 1.29 is 43.9 Å². The Kier molecular flexibility index (Phi) is 8.75. The molecular formula is C20H28N2O9. The molecule has 2 rings (SSSR count). The Morgan fingerprint density at radius 1 is 1.23 bits per heavy atom. The number of hydrogen-bond donors (Lipinski definition) is 4. The number of rotatable bonds is 8. The Hall–Kier alpha value is -2.73. The molecule has 4 N–H and O–H groups in total. The van der Waals surface area contributed by atoms with Crippen LogP contribution in [0, 0.1) is 0 Å². The number of hydrogen-bond acceptors (Lipinski definition) is 9. The van der Waals surface area contributed by atoms with E-state index in [-0.39, 0.29) is 49.3 Å². The fourth-order valence-corrected chi connectivity index (χ4v) is 2.77. The van der Waals surface area contributed by atoms with Gasteiger partial charge in [0.2, 0.25) is 12.2 Å². The Labute approximate surface area is 179 Å². The summed E-state index contributed by atoms with van der Waals surface area (Å²) >= 11 is 0. The van der Waals surface area contributed by atoms with E-state index < -0.39 is 30.7 Å². The molecule has 1 aliphatic rings. The first-order valence-corrected chi connectivity index (χ1v) is 9.75. The average Bonchev–Trinajstić information content (AvgIpc) is 2.73. The summed E-state index contributed by atoms with van der Waals surface area (Å²) in [4.78, 5) is 36.1. The fraction of sp³-hybridized carbons (Fsp3) is 0.550. The number of anilines is 1. The number of aliphatic hydroxyl groups excluding tert-OH is 3. The van der Waals surface area contributed by atoms with Gasteiger partial charge < -0.3 is 39.7 Å². The minimum atomic E-state index is -1.50. The summed E-state index contributed by atoms with van der Waals surface area (Å²) < 4.78 is 16.0. The molecule has 0 spiro atoms. The Balaban J connectivity index is 2.13. The number of ketones is 1. The van der Waals surface area contributed by atoms with Gasteiger partial charge >= 0.3 is 6.09 Å². The first-order valence-electron chi connectivity index (χ1n) is 9.75. The van der Waals surface area contributed by atoms with E-state index in [1.165, 1.54) is 26.1 Å². The van der Waals surface area contributed by atoms with Crippen LogP contribution in [0.2, 0.25) is 0 Å². The van der Waals surface area contributed by atoms with Crippen LogP contribution in [0.4, 0.5) is 10.5 Å². The van der Waals surface area contributed by atoms with Crippen molar-refractivity contribution in [2.75, 3.05) is 25.5 Å². The maximum absolute atomic E-state index is 12.0. The monoisotopic (exact) mass is 440 g/mol. The number of likely N-dealkylation sites (N-methyl/N-ethyl adjacent to an activating group) is 1. The van der Waals surface area contributed by atoms with Gasteiger partial charge in [0.15, 0.2) is 0 Å². The van der Waals surface area contributed by atoms with Crippen molar-refractivity contribution >= 4 is 23.5 Å². The van der Waals surface area contributed by atoms with Crippen molar-refractivity contribution in [3.05, 3.63) is 23.8 Å². The van der Waals surface area contributed by atoms with Crippen LogP contribution in [0.3, 0.4) is 0 Å². The summed E-state index contributed by atoms with van der Waals surface area (Å²) in [7, 11) is 1.44. The number of Topliss-reactive ketones (excluding diaryl/α,β-unsaturated/α-hetero) is 1. The molecule has 31 heavy (non-hydrogen) atoms. The predicted molar refractivity (Wildman–Crippen MR) is 107 cm³/mol. The van der Waals surface area contributed by atoms with Gasteiger partial charge in [-0.05, 0) is 24.6 Å². The summed E-state index contributed by atoms with van der Waals surface area (Å²) in [6, 6.07) is 4.60. The maximum atomic E-state index is 12.0. The molecule has 1 fully saturated rings. The van der Waals surface area contributed by atoms with Crippen molar-refractivity contribution in [2.45, 2.75) is 51.5 Å². The molecule has 2 amide bonds. The van der Waals surface area contributed by atoms with E-state index in [0.29, 0.717) is 5.56 Å². The van der Waals surface area contributed by atoms with E-state index in [0.717, 1.165) is 4.90 Å². The van der Waals surface area contributed by atoms with Crippen molar-refractivity contribution in [3.63, 3.8) is 0 Å². The third kappa shape index (κ3) is 6.89. The second-order valence-corrected chi connectivity index (χ2v) is 7.21. The molecule has 0 aromatic heterocycles. The Morgan fingerprint density at radius 3 is 2.58 bits per heavy atom. The smallest absolute Gasteiger partial charge is 0.410 e. The molecule has 0 aliphatic carbocycles. The van der Waals surface area contributed by atoms with Crippen LogP contribution in [0.25, 0.3) is 0 Å². The lowest BCUT2D eigenvalue weighted by Crippen LogP contribution is -2.54. The summed E-state index contributed by atoms with van der Waals surface area (Å²) in [6.07, 6.45) is -5.94. The highest BCUT2D eigenvalue weighted by Crippen LogP contribution is 2.30. The minimum Gasteiger partial charge on any atom is -0.460 e. The minimum absolute atomic E-state index is 0.0757. The zero-order chi connectivity index (χ0) is 23.1. The zero-order valence-electron chi connectivity index (χ0n) is 17.6. The summed E-state index contributed by atoms with van der Waals surface area (Å²) in [5.41, 5.74) is 0.776. The molecule has 1 aromatic carbocycles. The highest BCUT2D eigenvalue weighted by Gasteiger charge is 2.39. The molecule has 0 bridgehead atoms. The molecule has 0 radical (unpaired) electrons. The van der Waals surface area contributed by atoms with Crippen LogP contribution >= 0.6 is 0 Å². The molecule has 11 heteroatoms. The lowest BCUT2D eigenvalue weighted by molar-refractivity contribution is -0.241. The summed E-state index contributed by atoms with van der Waals surface area (Å²) in [5, 5.41) is 32.1. The topological polar surface area (TPSA) is 155 Å². The fourth-order valence-electron chi connectivity index (χ4n) is 2.77. The van der Waals surface area contributed by atoms with Gasteiger partial charge in [-0.3, -0.25) is 9.59 Å². The van der Waals surface area contributed by atoms with Crippen LogP contribution in [-0.4, -0.2) is 82.8 Å². The standard InChI is InChI=1S/C20H28N2O9/c1-4-16(25)21-13-7-12(9-30-20(28)22(3)8-11(2)23)5-6-15(13)31-19-18(27)17(26)14(24)10-29-19/h5-7,14,17-19,24,26-27H,4,8-10H2,1-3H3,(H,21,25)/t14-,17+,18-,19+/m1/s1. The Morgan fingerprint density at radius 2 is 1.94 bits per heavy atom. The van der Waals surface area contributed by atoms with Gasteiger partial charge in [-0.2, -0.15) is 0 Å². The van der Waals surface area contributed by atoms with E-state index in [9.17, 15) is 29.7 Å². The summed E-state index contributed by atoms with van der Waals surface area (Å²) in [6.45, 7) is 2.59. The lowest BCUT2D eigenvalue weighted by Gasteiger charge is -2.35. The van der Waals surface area contributed by atoms with Gasteiger partial charge in [0.05, 0.1) is 18.8 Å². The number of nitrogens with zero attached hydrogens (tertiary/aromatic N) is 1. The molecule has 1 aromatic rings. The van der Waals surface area contributed by atoms with E-state index in [2.05, 4.69) is 5.32 Å². The molecule has 0 unspecified atom stereocenters. The maximum Gasteiger partial charge on any atom is 0.410 e. The van der Waals surface area contributed by atoms with E-state index in [4.69, 9.17) is 14.2 Å². The first-order chi connectivity index (χ1) is 14.6. The number of nitrogens with one attached hydrogen (secondary N) is 1.